The molecular formula is C18H18N2O3. The lowest BCUT2D eigenvalue weighted by molar-refractivity contribution is -0.127. The molecule has 5 nitrogen and oxygen atoms in total. The topological polar surface area (TPSA) is 60.9 Å². The maximum Gasteiger partial charge on any atom is 0.332 e. The van der Waals surface area contributed by atoms with Crippen molar-refractivity contribution in [2.24, 2.45) is 0 Å². The molecule has 118 valence electrons. The summed E-state index contributed by atoms with van der Waals surface area (Å²) in [6.45, 7) is 1.65. The van der Waals surface area contributed by atoms with Gasteiger partial charge in [0.1, 0.15) is 6.04 Å². The highest BCUT2D eigenvalue weighted by Crippen LogP contribution is 2.27. The number of hydrogen-bond acceptors (Lipinski definition) is 3. The van der Waals surface area contributed by atoms with Crippen LogP contribution < -0.4 is 4.90 Å². The Morgan fingerprint density at radius 2 is 1.57 bits per heavy atom. The number of benzene rings is 2. The average Bonchev–Trinajstić information content (AvgIpc) is 2.80. The molecule has 3 amide bonds. The fourth-order valence-electron chi connectivity index (χ4n) is 2.77. The van der Waals surface area contributed by atoms with Crippen LogP contribution in [0.4, 0.5) is 10.5 Å². The van der Waals surface area contributed by atoms with Gasteiger partial charge in [-0.25, -0.2) is 4.79 Å². The molecule has 0 spiro atoms. The lowest BCUT2D eigenvalue weighted by atomic mass is 10.1. The molecule has 3 rings (SSSR count). The van der Waals surface area contributed by atoms with E-state index in [1.807, 2.05) is 36.4 Å². The number of nitrogens with zero attached hydrogens (tertiary/aromatic N) is 2. The molecule has 0 bridgehead atoms. The van der Waals surface area contributed by atoms with Crippen molar-refractivity contribution in [1.82, 2.24) is 4.90 Å². The summed E-state index contributed by atoms with van der Waals surface area (Å²) in [6, 6.07) is 17.1. The van der Waals surface area contributed by atoms with E-state index < -0.39 is 18.2 Å². The predicted molar refractivity (Wildman–Crippen MR) is 86.9 cm³/mol. The number of imide groups is 1. The molecule has 0 saturated carbocycles. The van der Waals surface area contributed by atoms with Crippen LogP contribution in [0.2, 0.25) is 0 Å². The average molecular weight is 310 g/mol. The number of anilines is 1. The Balaban J connectivity index is 1.81. The fourth-order valence-corrected chi connectivity index (χ4v) is 2.77. The second-order valence-corrected chi connectivity index (χ2v) is 5.54. The van der Waals surface area contributed by atoms with Crippen LogP contribution >= 0.6 is 0 Å². The molecule has 2 unspecified atom stereocenters. The quantitative estimate of drug-likeness (QED) is 0.883. The van der Waals surface area contributed by atoms with Crippen molar-refractivity contribution in [2.75, 3.05) is 11.4 Å². The monoisotopic (exact) mass is 310 g/mol. The highest BCUT2D eigenvalue weighted by Gasteiger charge is 2.43. The van der Waals surface area contributed by atoms with Gasteiger partial charge in [-0.3, -0.25) is 14.6 Å². The Morgan fingerprint density at radius 3 is 2.17 bits per heavy atom. The number of rotatable bonds is 4. The first-order chi connectivity index (χ1) is 11.1. The normalized spacial score (nSPS) is 19.3. The first-order valence-corrected chi connectivity index (χ1v) is 7.52. The SMILES string of the molecule is CC1C(=O)N(CC(O)c2ccccc2)C(=O)N1c1ccccc1. The number of amides is 3. The van der Waals surface area contributed by atoms with Crippen LogP contribution in [0, 0.1) is 0 Å². The lowest BCUT2D eigenvalue weighted by Gasteiger charge is -2.20. The maximum atomic E-state index is 12.6. The van der Waals surface area contributed by atoms with Crippen LogP contribution in [-0.4, -0.2) is 34.5 Å². The first kappa shape index (κ1) is 15.2. The molecule has 1 heterocycles. The predicted octanol–water partition coefficient (Wildman–Crippen LogP) is 2.58. The van der Waals surface area contributed by atoms with Gasteiger partial charge in [-0.05, 0) is 24.6 Å². The summed E-state index contributed by atoms with van der Waals surface area (Å²) in [6.07, 6.45) is -0.896. The van der Waals surface area contributed by atoms with Gasteiger partial charge in [0.2, 0.25) is 0 Å². The van der Waals surface area contributed by atoms with Gasteiger partial charge in [0.25, 0.3) is 5.91 Å². The third-order valence-corrected chi connectivity index (χ3v) is 4.02. The van der Waals surface area contributed by atoms with Gasteiger partial charge < -0.3 is 5.11 Å². The van der Waals surface area contributed by atoms with Gasteiger partial charge in [-0.2, -0.15) is 0 Å². The van der Waals surface area contributed by atoms with Gasteiger partial charge in [-0.15, -0.1) is 0 Å². The molecule has 1 aliphatic heterocycles. The number of urea groups is 1. The Labute approximate surface area is 134 Å². The Kier molecular flexibility index (Phi) is 4.12. The summed E-state index contributed by atoms with van der Waals surface area (Å²) >= 11 is 0. The molecule has 1 fully saturated rings. The van der Waals surface area contributed by atoms with E-state index in [1.54, 1.807) is 31.2 Å². The molecular weight excluding hydrogens is 292 g/mol. The van der Waals surface area contributed by atoms with Crippen LogP contribution in [0.1, 0.15) is 18.6 Å². The van der Waals surface area contributed by atoms with E-state index in [1.165, 1.54) is 4.90 Å². The molecule has 1 aliphatic rings. The highest BCUT2D eigenvalue weighted by atomic mass is 16.3. The standard InChI is InChI=1S/C18H18N2O3/c1-13-17(22)19(12-16(21)14-8-4-2-5-9-14)18(23)20(13)15-10-6-3-7-11-15/h2-11,13,16,21H,12H2,1H3. The van der Waals surface area contributed by atoms with Crippen molar-refractivity contribution in [3.05, 3.63) is 66.2 Å². The molecule has 2 aromatic carbocycles. The number of carbonyl (C=O) groups is 2. The minimum atomic E-state index is -0.896. The fraction of sp³-hybridized carbons (Fsp3) is 0.222. The first-order valence-electron chi connectivity index (χ1n) is 7.52. The summed E-state index contributed by atoms with van der Waals surface area (Å²) in [5, 5.41) is 10.3. The van der Waals surface area contributed by atoms with Crippen molar-refractivity contribution < 1.29 is 14.7 Å². The van der Waals surface area contributed by atoms with Crippen LogP contribution in [0.15, 0.2) is 60.7 Å². The van der Waals surface area contributed by atoms with E-state index in [-0.39, 0.29) is 12.5 Å². The Bertz CT molecular complexity index is 703. The molecule has 23 heavy (non-hydrogen) atoms. The summed E-state index contributed by atoms with van der Waals surface area (Å²) in [5.41, 5.74) is 1.36. The zero-order valence-corrected chi connectivity index (χ0v) is 12.8. The molecule has 2 aromatic rings. The number of aliphatic hydroxyl groups is 1. The number of hydrogen-bond donors (Lipinski definition) is 1. The van der Waals surface area contributed by atoms with Gasteiger partial charge in [0.15, 0.2) is 0 Å². The molecule has 1 saturated heterocycles. The van der Waals surface area contributed by atoms with Crippen LogP contribution in [0.25, 0.3) is 0 Å². The van der Waals surface area contributed by atoms with Gasteiger partial charge in [0.05, 0.1) is 12.6 Å². The van der Waals surface area contributed by atoms with Crippen molar-refractivity contribution in [2.45, 2.75) is 19.1 Å². The molecule has 5 heteroatoms. The number of carbonyl (C=O) groups excluding carboxylic acids is 2. The van der Waals surface area contributed by atoms with Gasteiger partial charge in [-0.1, -0.05) is 48.5 Å². The van der Waals surface area contributed by atoms with E-state index in [9.17, 15) is 14.7 Å². The maximum absolute atomic E-state index is 12.6. The Morgan fingerprint density at radius 1 is 1.00 bits per heavy atom. The third-order valence-electron chi connectivity index (χ3n) is 4.02. The zero-order chi connectivity index (χ0) is 16.4. The minimum absolute atomic E-state index is 0.0463. The van der Waals surface area contributed by atoms with Gasteiger partial charge in [0, 0.05) is 5.69 Å². The van der Waals surface area contributed by atoms with E-state index in [0.29, 0.717) is 11.3 Å². The lowest BCUT2D eigenvalue weighted by Crippen LogP contribution is -2.36. The summed E-state index contributed by atoms with van der Waals surface area (Å²) < 4.78 is 0. The second kappa shape index (κ2) is 6.22. The van der Waals surface area contributed by atoms with Crippen LogP contribution in [0.5, 0.6) is 0 Å². The van der Waals surface area contributed by atoms with E-state index in [0.717, 1.165) is 4.90 Å². The summed E-state index contributed by atoms with van der Waals surface area (Å²) in [5.74, 6) is -0.297. The second-order valence-electron chi connectivity index (χ2n) is 5.54. The minimum Gasteiger partial charge on any atom is -0.387 e. The molecule has 2 atom stereocenters. The zero-order valence-electron chi connectivity index (χ0n) is 12.8. The summed E-state index contributed by atoms with van der Waals surface area (Å²) in [4.78, 5) is 27.6. The molecule has 1 N–H and O–H groups in total. The Hall–Kier alpha value is -2.66. The van der Waals surface area contributed by atoms with E-state index in [4.69, 9.17) is 0 Å². The van der Waals surface area contributed by atoms with E-state index >= 15 is 0 Å². The summed E-state index contributed by atoms with van der Waals surface area (Å²) in [7, 11) is 0. The van der Waals surface area contributed by atoms with Crippen LogP contribution in [0.3, 0.4) is 0 Å². The van der Waals surface area contributed by atoms with Gasteiger partial charge >= 0.3 is 6.03 Å². The van der Waals surface area contributed by atoms with Crippen molar-refractivity contribution in [1.29, 1.82) is 0 Å². The highest BCUT2D eigenvalue weighted by molar-refractivity contribution is 6.14. The smallest absolute Gasteiger partial charge is 0.332 e. The number of β-amino-alcohol motifs (C(OH)–C–C–N with tert-alkyl or cyclic N) is 1. The van der Waals surface area contributed by atoms with Crippen molar-refractivity contribution in [3.63, 3.8) is 0 Å². The number of aliphatic hydroxyl groups excluding tert-OH is 1. The molecule has 0 radical (unpaired) electrons. The van der Waals surface area contributed by atoms with Crippen LogP contribution in [-0.2, 0) is 4.79 Å². The third kappa shape index (κ3) is 2.83. The molecule has 0 aliphatic carbocycles. The molecule has 0 aromatic heterocycles. The largest absolute Gasteiger partial charge is 0.387 e. The van der Waals surface area contributed by atoms with E-state index in [2.05, 4.69) is 0 Å². The van der Waals surface area contributed by atoms with Crippen molar-refractivity contribution in [3.8, 4) is 0 Å². The van der Waals surface area contributed by atoms with Crippen molar-refractivity contribution >= 4 is 17.6 Å². The number of para-hydroxylation sites is 1.